The number of esters is 1. The van der Waals surface area contributed by atoms with E-state index in [9.17, 15) is 9.59 Å². The monoisotopic (exact) mass is 274 g/mol. The van der Waals surface area contributed by atoms with Crippen molar-refractivity contribution >= 4 is 35.0 Å². The van der Waals surface area contributed by atoms with Gasteiger partial charge in [0.2, 0.25) is 5.91 Å². The first-order valence-corrected chi connectivity index (χ1v) is 6.62. The Morgan fingerprint density at radius 2 is 2.24 bits per heavy atom. The summed E-state index contributed by atoms with van der Waals surface area (Å²) in [6.45, 7) is 3.57. The number of thiazole rings is 1. The summed E-state index contributed by atoms with van der Waals surface area (Å²) in [5.41, 5.74) is 5.92. The lowest BCUT2D eigenvalue weighted by Gasteiger charge is -2.05. The van der Waals surface area contributed by atoms with E-state index in [4.69, 9.17) is 5.73 Å². The standard InChI is InChI=1S/C10H14N2O3S2/c1-5-7(4-8(11)13)17-10(12-5)16-6(2)9(14)15-3/h6H,4H2,1-3H3,(H2,11,13)/t6-/m1/s1. The van der Waals surface area contributed by atoms with Gasteiger partial charge >= 0.3 is 5.97 Å². The van der Waals surface area contributed by atoms with E-state index in [2.05, 4.69) is 9.72 Å². The molecule has 1 amide bonds. The minimum absolute atomic E-state index is 0.191. The van der Waals surface area contributed by atoms with Crippen LogP contribution in [0.3, 0.4) is 0 Å². The number of nitrogens with two attached hydrogens (primary N) is 1. The number of rotatable bonds is 5. The number of methoxy groups -OCH3 is 1. The molecular weight excluding hydrogens is 260 g/mol. The van der Waals surface area contributed by atoms with E-state index in [1.165, 1.54) is 30.2 Å². The maximum absolute atomic E-state index is 11.2. The van der Waals surface area contributed by atoms with Crippen LogP contribution >= 0.6 is 23.1 Å². The zero-order valence-electron chi connectivity index (χ0n) is 9.85. The van der Waals surface area contributed by atoms with Crippen molar-refractivity contribution in [3.8, 4) is 0 Å². The van der Waals surface area contributed by atoms with Gasteiger partial charge < -0.3 is 10.5 Å². The number of thioether (sulfide) groups is 1. The van der Waals surface area contributed by atoms with Gasteiger partial charge in [-0.05, 0) is 13.8 Å². The molecule has 1 aromatic heterocycles. The van der Waals surface area contributed by atoms with Gasteiger partial charge in [0.25, 0.3) is 0 Å². The zero-order chi connectivity index (χ0) is 13.0. The topological polar surface area (TPSA) is 82.3 Å². The molecule has 94 valence electrons. The van der Waals surface area contributed by atoms with Gasteiger partial charge in [0, 0.05) is 4.88 Å². The zero-order valence-corrected chi connectivity index (χ0v) is 11.5. The van der Waals surface area contributed by atoms with Crippen molar-refractivity contribution in [1.82, 2.24) is 4.98 Å². The highest BCUT2D eigenvalue weighted by Gasteiger charge is 2.18. The number of carbonyl (C=O) groups excluding carboxylic acids is 2. The molecule has 0 spiro atoms. The number of amides is 1. The predicted molar refractivity (Wildman–Crippen MR) is 67.1 cm³/mol. The van der Waals surface area contributed by atoms with E-state index in [0.717, 1.165) is 14.9 Å². The Labute approximate surface area is 108 Å². The van der Waals surface area contributed by atoms with Gasteiger partial charge in [0.1, 0.15) is 5.25 Å². The highest BCUT2D eigenvalue weighted by Crippen LogP contribution is 2.30. The number of hydrogen-bond donors (Lipinski definition) is 1. The third-order valence-electron chi connectivity index (χ3n) is 2.02. The number of ether oxygens (including phenoxy) is 1. The first kappa shape index (κ1) is 14.0. The Bertz CT molecular complexity index is 431. The summed E-state index contributed by atoms with van der Waals surface area (Å²) in [7, 11) is 1.35. The lowest BCUT2D eigenvalue weighted by molar-refractivity contribution is -0.139. The summed E-state index contributed by atoms with van der Waals surface area (Å²) in [4.78, 5) is 27.2. The summed E-state index contributed by atoms with van der Waals surface area (Å²) < 4.78 is 5.38. The molecule has 0 unspecified atom stereocenters. The molecule has 5 nitrogen and oxygen atoms in total. The Balaban J connectivity index is 2.73. The lowest BCUT2D eigenvalue weighted by Crippen LogP contribution is -2.14. The Kier molecular flexibility index (Phi) is 4.95. The van der Waals surface area contributed by atoms with Gasteiger partial charge in [-0.3, -0.25) is 9.59 Å². The van der Waals surface area contributed by atoms with Crippen LogP contribution in [-0.2, 0) is 20.7 Å². The molecule has 0 bridgehead atoms. The van der Waals surface area contributed by atoms with Crippen molar-refractivity contribution in [1.29, 1.82) is 0 Å². The molecule has 0 saturated carbocycles. The number of carbonyl (C=O) groups is 2. The van der Waals surface area contributed by atoms with Crippen molar-refractivity contribution in [2.75, 3.05) is 7.11 Å². The molecular formula is C10H14N2O3S2. The van der Waals surface area contributed by atoms with Gasteiger partial charge in [-0.15, -0.1) is 11.3 Å². The second kappa shape index (κ2) is 6.02. The molecule has 0 aliphatic rings. The summed E-state index contributed by atoms with van der Waals surface area (Å²) in [5, 5.41) is -0.313. The van der Waals surface area contributed by atoms with Gasteiger partial charge in [0.15, 0.2) is 4.34 Å². The Morgan fingerprint density at radius 1 is 1.59 bits per heavy atom. The normalized spacial score (nSPS) is 12.2. The van der Waals surface area contributed by atoms with E-state index in [0.29, 0.717) is 0 Å². The number of hydrogen-bond acceptors (Lipinski definition) is 6. The van der Waals surface area contributed by atoms with Gasteiger partial charge in [-0.25, -0.2) is 4.98 Å². The number of primary amides is 1. The number of nitrogens with zero attached hydrogens (tertiary/aromatic N) is 1. The van der Waals surface area contributed by atoms with Crippen LogP contribution in [0.2, 0.25) is 0 Å². The maximum atomic E-state index is 11.2. The fraction of sp³-hybridized carbons (Fsp3) is 0.500. The molecule has 1 rings (SSSR count). The Morgan fingerprint density at radius 3 is 2.76 bits per heavy atom. The molecule has 0 aromatic carbocycles. The first-order chi connectivity index (χ1) is 7.93. The average molecular weight is 274 g/mol. The van der Waals surface area contributed by atoms with Crippen LogP contribution in [0.25, 0.3) is 0 Å². The van der Waals surface area contributed by atoms with Crippen LogP contribution in [0.1, 0.15) is 17.5 Å². The predicted octanol–water partition coefficient (Wildman–Crippen LogP) is 1.13. The fourth-order valence-electron chi connectivity index (χ4n) is 1.14. The molecule has 0 saturated heterocycles. The van der Waals surface area contributed by atoms with Gasteiger partial charge in [0.05, 0.1) is 19.2 Å². The van der Waals surface area contributed by atoms with E-state index in [-0.39, 0.29) is 23.5 Å². The largest absolute Gasteiger partial charge is 0.468 e. The van der Waals surface area contributed by atoms with Crippen molar-refractivity contribution < 1.29 is 14.3 Å². The highest BCUT2D eigenvalue weighted by molar-refractivity contribution is 8.02. The second-order valence-corrected chi connectivity index (χ2v) is 6.09. The van der Waals surface area contributed by atoms with Crippen LogP contribution in [0.4, 0.5) is 0 Å². The van der Waals surface area contributed by atoms with E-state index in [1.807, 2.05) is 6.92 Å². The van der Waals surface area contributed by atoms with Crippen molar-refractivity contribution in [2.24, 2.45) is 5.73 Å². The minimum atomic E-state index is -0.380. The Hall–Kier alpha value is -1.08. The second-order valence-electron chi connectivity index (χ2n) is 3.41. The summed E-state index contributed by atoms with van der Waals surface area (Å²) >= 11 is 2.71. The fourth-order valence-corrected chi connectivity index (χ4v) is 3.55. The quantitative estimate of drug-likeness (QED) is 0.643. The van der Waals surface area contributed by atoms with Crippen LogP contribution in [0.15, 0.2) is 4.34 Å². The van der Waals surface area contributed by atoms with Gasteiger partial charge in [-0.2, -0.15) is 0 Å². The molecule has 17 heavy (non-hydrogen) atoms. The van der Waals surface area contributed by atoms with Crippen LogP contribution in [0.5, 0.6) is 0 Å². The maximum Gasteiger partial charge on any atom is 0.318 e. The molecule has 0 radical (unpaired) electrons. The molecule has 1 heterocycles. The van der Waals surface area contributed by atoms with Crippen LogP contribution < -0.4 is 5.73 Å². The number of aryl methyl sites for hydroxylation is 1. The summed E-state index contributed by atoms with van der Waals surface area (Å²) in [6.07, 6.45) is 0.191. The molecule has 0 aliphatic carbocycles. The molecule has 2 N–H and O–H groups in total. The molecule has 0 fully saturated rings. The van der Waals surface area contributed by atoms with Crippen LogP contribution in [-0.4, -0.2) is 29.2 Å². The highest BCUT2D eigenvalue weighted by atomic mass is 32.2. The third kappa shape index (κ3) is 4.01. The van der Waals surface area contributed by atoms with Gasteiger partial charge in [-0.1, -0.05) is 11.8 Å². The lowest BCUT2D eigenvalue weighted by atomic mass is 10.3. The molecule has 1 atom stereocenters. The molecule has 1 aromatic rings. The molecule has 0 aliphatic heterocycles. The van der Waals surface area contributed by atoms with E-state index < -0.39 is 0 Å². The van der Waals surface area contributed by atoms with Crippen molar-refractivity contribution in [3.05, 3.63) is 10.6 Å². The number of aromatic nitrogens is 1. The van der Waals surface area contributed by atoms with Crippen LogP contribution in [0, 0.1) is 6.92 Å². The molecule has 7 heteroatoms. The summed E-state index contributed by atoms with van der Waals surface area (Å²) in [5.74, 6) is -0.673. The summed E-state index contributed by atoms with van der Waals surface area (Å²) in [6, 6.07) is 0. The van der Waals surface area contributed by atoms with Crippen molar-refractivity contribution in [3.63, 3.8) is 0 Å². The average Bonchev–Trinajstić information content (AvgIpc) is 2.57. The SMILES string of the molecule is COC(=O)[C@@H](C)Sc1nc(C)c(CC(N)=O)s1. The van der Waals surface area contributed by atoms with E-state index in [1.54, 1.807) is 6.92 Å². The van der Waals surface area contributed by atoms with Crippen molar-refractivity contribution in [2.45, 2.75) is 29.9 Å². The smallest absolute Gasteiger partial charge is 0.318 e. The minimum Gasteiger partial charge on any atom is -0.468 e. The first-order valence-electron chi connectivity index (χ1n) is 4.93. The van der Waals surface area contributed by atoms with E-state index >= 15 is 0 Å². The third-order valence-corrected chi connectivity index (χ3v) is 4.35.